The second kappa shape index (κ2) is 8.78. The van der Waals surface area contributed by atoms with Gasteiger partial charge in [-0.15, -0.1) is 0 Å². The molecule has 1 N–H and O–H groups in total. The third-order valence-electron chi connectivity index (χ3n) is 4.91. The third-order valence-corrected chi connectivity index (χ3v) is 4.91. The van der Waals surface area contributed by atoms with Crippen molar-refractivity contribution in [1.82, 2.24) is 29.6 Å². The summed E-state index contributed by atoms with van der Waals surface area (Å²) in [6, 6.07) is 5.80. The van der Waals surface area contributed by atoms with Crippen molar-refractivity contribution in [3.8, 4) is 11.5 Å². The number of rotatable bonds is 6. The van der Waals surface area contributed by atoms with Gasteiger partial charge in [0.2, 0.25) is 0 Å². The van der Waals surface area contributed by atoms with Gasteiger partial charge in [0.1, 0.15) is 11.5 Å². The van der Waals surface area contributed by atoms with Crippen LogP contribution in [-0.4, -0.2) is 49.3 Å². The molecule has 1 aliphatic rings. The minimum atomic E-state index is -4.60. The summed E-state index contributed by atoms with van der Waals surface area (Å²) in [4.78, 5) is 14.3. The molecule has 0 atom stereocenters. The summed E-state index contributed by atoms with van der Waals surface area (Å²) in [6.45, 7) is 3.82. The number of pyridine rings is 1. The Morgan fingerprint density at radius 1 is 1.03 bits per heavy atom. The van der Waals surface area contributed by atoms with Crippen LogP contribution in [0.4, 0.5) is 24.7 Å². The monoisotopic (exact) mass is 417 g/mol. The van der Waals surface area contributed by atoms with Gasteiger partial charge >= 0.3 is 6.18 Å². The van der Waals surface area contributed by atoms with Crippen molar-refractivity contribution < 1.29 is 13.2 Å². The molecule has 0 aliphatic carbocycles. The molecule has 0 radical (unpaired) electrons. The third kappa shape index (κ3) is 5.12. The lowest BCUT2D eigenvalue weighted by atomic mass is 10.1. The van der Waals surface area contributed by atoms with Gasteiger partial charge in [-0.1, -0.05) is 12.5 Å². The molecular weight excluding hydrogens is 395 g/mol. The number of nitrogens with one attached hydrogen (secondary N) is 1. The molecular formula is C20H22F3N7. The predicted molar refractivity (Wildman–Crippen MR) is 106 cm³/mol. The Hall–Kier alpha value is -3.01. The quantitative estimate of drug-likeness (QED) is 0.654. The maximum atomic E-state index is 13.3. The molecule has 0 saturated carbocycles. The Balaban J connectivity index is 1.50. The summed E-state index contributed by atoms with van der Waals surface area (Å²) in [5.41, 5.74) is -0.200. The van der Waals surface area contributed by atoms with Gasteiger partial charge in [-0.3, -0.25) is 9.67 Å². The normalized spacial score (nSPS) is 15.3. The number of halogens is 3. The second-order valence-corrected chi connectivity index (χ2v) is 7.19. The summed E-state index contributed by atoms with van der Waals surface area (Å²) in [5.74, 6) is -0.0565. The number of piperidine rings is 1. The number of nitrogens with zero attached hydrogens (tertiary/aromatic N) is 6. The zero-order valence-electron chi connectivity index (χ0n) is 16.3. The van der Waals surface area contributed by atoms with Gasteiger partial charge < -0.3 is 10.2 Å². The summed E-state index contributed by atoms with van der Waals surface area (Å²) in [5, 5.41) is 7.21. The Morgan fingerprint density at radius 2 is 1.87 bits per heavy atom. The van der Waals surface area contributed by atoms with Gasteiger partial charge in [-0.05, 0) is 38.1 Å². The first-order valence-electron chi connectivity index (χ1n) is 9.87. The summed E-state index contributed by atoms with van der Waals surface area (Å²) >= 11 is 0. The van der Waals surface area contributed by atoms with E-state index in [2.05, 4.69) is 30.3 Å². The van der Waals surface area contributed by atoms with Crippen molar-refractivity contribution in [2.45, 2.75) is 32.0 Å². The fourth-order valence-corrected chi connectivity index (χ4v) is 3.39. The van der Waals surface area contributed by atoms with Crippen molar-refractivity contribution in [2.24, 2.45) is 0 Å². The van der Waals surface area contributed by atoms with Crippen LogP contribution in [0.2, 0.25) is 0 Å². The molecule has 1 fully saturated rings. The largest absolute Gasteiger partial charge is 0.433 e. The minimum Gasteiger partial charge on any atom is -0.338 e. The molecule has 158 valence electrons. The molecule has 30 heavy (non-hydrogen) atoms. The SMILES string of the molecule is FC(F)(F)c1cc(Nc2cnn(CCN3CCCCC3)c2)nc(-c2ccccn2)n1. The number of likely N-dealkylation sites (tertiary alicyclic amines) is 1. The Kier molecular flexibility index (Phi) is 5.93. The zero-order chi connectivity index (χ0) is 21.0. The molecule has 1 saturated heterocycles. The average Bonchev–Trinajstić information content (AvgIpc) is 3.20. The molecule has 3 aromatic heterocycles. The summed E-state index contributed by atoms with van der Waals surface area (Å²) < 4.78 is 41.8. The topological polar surface area (TPSA) is 71.8 Å². The highest BCUT2D eigenvalue weighted by Crippen LogP contribution is 2.31. The van der Waals surface area contributed by atoms with E-state index in [0.717, 1.165) is 32.2 Å². The molecule has 0 spiro atoms. The fraction of sp³-hybridized carbons (Fsp3) is 0.400. The maximum Gasteiger partial charge on any atom is 0.433 e. The Labute approximate surface area is 172 Å². The van der Waals surface area contributed by atoms with Crippen molar-refractivity contribution in [3.63, 3.8) is 0 Å². The van der Waals surface area contributed by atoms with Crippen LogP contribution in [0.1, 0.15) is 25.0 Å². The van der Waals surface area contributed by atoms with E-state index in [1.54, 1.807) is 35.3 Å². The van der Waals surface area contributed by atoms with E-state index in [-0.39, 0.29) is 17.3 Å². The standard InChI is InChI=1S/C20H22F3N7/c21-20(22,23)17-12-18(28-19(27-17)16-6-2-3-7-24-16)26-15-13-25-30(14-15)11-10-29-8-4-1-5-9-29/h2-3,6-7,12-14H,1,4-5,8-11H2,(H,26,27,28). The van der Waals surface area contributed by atoms with Gasteiger partial charge in [0.15, 0.2) is 11.5 Å². The van der Waals surface area contributed by atoms with Crippen LogP contribution in [0.15, 0.2) is 42.9 Å². The lowest BCUT2D eigenvalue weighted by molar-refractivity contribution is -0.141. The zero-order valence-corrected chi connectivity index (χ0v) is 16.3. The molecule has 4 rings (SSSR count). The van der Waals surface area contributed by atoms with E-state index < -0.39 is 11.9 Å². The van der Waals surface area contributed by atoms with Gasteiger partial charge in [-0.25, -0.2) is 9.97 Å². The Morgan fingerprint density at radius 3 is 2.60 bits per heavy atom. The lowest BCUT2D eigenvalue weighted by Crippen LogP contribution is -2.32. The van der Waals surface area contributed by atoms with Crippen molar-refractivity contribution in [1.29, 1.82) is 0 Å². The summed E-state index contributed by atoms with van der Waals surface area (Å²) in [6.07, 6.45) is 3.96. The molecule has 0 amide bonds. The molecule has 1 aliphatic heterocycles. The minimum absolute atomic E-state index is 0.0357. The Bertz CT molecular complexity index is 966. The molecule has 0 unspecified atom stereocenters. The number of hydrogen-bond donors (Lipinski definition) is 1. The van der Waals surface area contributed by atoms with Crippen LogP contribution >= 0.6 is 0 Å². The first-order valence-corrected chi connectivity index (χ1v) is 9.87. The van der Waals surface area contributed by atoms with E-state index in [1.807, 2.05) is 0 Å². The highest BCUT2D eigenvalue weighted by Gasteiger charge is 2.34. The molecule has 0 bridgehead atoms. The fourth-order valence-electron chi connectivity index (χ4n) is 3.39. The molecule has 4 heterocycles. The lowest BCUT2D eigenvalue weighted by Gasteiger charge is -2.26. The maximum absolute atomic E-state index is 13.3. The van der Waals surface area contributed by atoms with Crippen LogP contribution in [0, 0.1) is 0 Å². The smallest absolute Gasteiger partial charge is 0.338 e. The highest BCUT2D eigenvalue weighted by atomic mass is 19.4. The van der Waals surface area contributed by atoms with E-state index >= 15 is 0 Å². The van der Waals surface area contributed by atoms with Crippen molar-refractivity contribution in [3.05, 3.63) is 48.5 Å². The van der Waals surface area contributed by atoms with Crippen LogP contribution in [-0.2, 0) is 12.7 Å². The van der Waals surface area contributed by atoms with Gasteiger partial charge in [0, 0.05) is 25.0 Å². The predicted octanol–water partition coefficient (Wildman–Crippen LogP) is 3.98. The first-order chi connectivity index (χ1) is 14.5. The van der Waals surface area contributed by atoms with Crippen LogP contribution in [0.3, 0.4) is 0 Å². The number of aromatic nitrogens is 5. The van der Waals surface area contributed by atoms with Gasteiger partial charge in [0.25, 0.3) is 0 Å². The van der Waals surface area contributed by atoms with Crippen molar-refractivity contribution in [2.75, 3.05) is 25.0 Å². The van der Waals surface area contributed by atoms with E-state index in [9.17, 15) is 13.2 Å². The van der Waals surface area contributed by atoms with Gasteiger partial charge in [0.05, 0.1) is 18.4 Å². The van der Waals surface area contributed by atoms with E-state index in [0.29, 0.717) is 5.69 Å². The van der Waals surface area contributed by atoms with Gasteiger partial charge in [-0.2, -0.15) is 18.3 Å². The number of alkyl halides is 3. The second-order valence-electron chi connectivity index (χ2n) is 7.19. The average molecular weight is 417 g/mol. The molecule has 10 heteroatoms. The molecule has 7 nitrogen and oxygen atoms in total. The summed E-state index contributed by atoms with van der Waals surface area (Å²) in [7, 11) is 0. The van der Waals surface area contributed by atoms with Crippen molar-refractivity contribution >= 4 is 11.5 Å². The van der Waals surface area contributed by atoms with E-state index in [4.69, 9.17) is 0 Å². The number of hydrogen-bond acceptors (Lipinski definition) is 6. The molecule has 3 aromatic rings. The first kappa shape index (κ1) is 20.3. The highest BCUT2D eigenvalue weighted by molar-refractivity contribution is 5.59. The van der Waals surface area contributed by atoms with E-state index in [1.165, 1.54) is 25.5 Å². The van der Waals surface area contributed by atoms with Crippen LogP contribution in [0.25, 0.3) is 11.5 Å². The number of anilines is 2. The van der Waals surface area contributed by atoms with Crippen LogP contribution in [0.5, 0.6) is 0 Å². The molecule has 0 aromatic carbocycles. The van der Waals surface area contributed by atoms with Crippen LogP contribution < -0.4 is 5.32 Å².